The van der Waals surface area contributed by atoms with Crippen LogP contribution in [0.4, 0.5) is 5.69 Å². The number of rotatable bonds is 6. The first-order valence-corrected chi connectivity index (χ1v) is 9.67. The van der Waals surface area contributed by atoms with E-state index >= 15 is 0 Å². The SMILES string of the molecule is Br.COc1ccc(C(=O)CN(C2=NCCCC2)c2cc(C)ccc2C)cc1OC. The third kappa shape index (κ3) is 5.38. The van der Waals surface area contributed by atoms with Crippen molar-refractivity contribution in [2.24, 2.45) is 4.99 Å². The lowest BCUT2D eigenvalue weighted by Gasteiger charge is -2.29. The van der Waals surface area contributed by atoms with Gasteiger partial charge in [0.15, 0.2) is 17.3 Å². The molecule has 0 aromatic heterocycles. The topological polar surface area (TPSA) is 51.1 Å². The number of hydrogen-bond acceptors (Lipinski definition) is 5. The van der Waals surface area contributed by atoms with Crippen LogP contribution in [0.1, 0.15) is 40.7 Å². The Labute approximate surface area is 183 Å². The summed E-state index contributed by atoms with van der Waals surface area (Å²) in [6.07, 6.45) is 3.10. The quantitative estimate of drug-likeness (QED) is 0.557. The van der Waals surface area contributed by atoms with Crippen LogP contribution in [0, 0.1) is 13.8 Å². The molecule has 0 amide bonds. The number of ketones is 1. The van der Waals surface area contributed by atoms with Crippen LogP contribution in [0.25, 0.3) is 0 Å². The van der Waals surface area contributed by atoms with Crippen molar-refractivity contribution >= 4 is 34.3 Å². The predicted molar refractivity (Wildman–Crippen MR) is 124 cm³/mol. The number of benzene rings is 2. The van der Waals surface area contributed by atoms with Crippen molar-refractivity contribution in [1.29, 1.82) is 0 Å². The van der Waals surface area contributed by atoms with E-state index in [4.69, 9.17) is 14.5 Å². The average molecular weight is 461 g/mol. The molecule has 0 spiro atoms. The maximum atomic E-state index is 13.1. The molecule has 0 saturated carbocycles. The number of carbonyl (C=O) groups is 1. The Hall–Kier alpha value is -2.34. The van der Waals surface area contributed by atoms with Crippen molar-refractivity contribution in [2.45, 2.75) is 33.1 Å². The average Bonchev–Trinajstić information content (AvgIpc) is 2.73. The Morgan fingerprint density at radius 3 is 2.45 bits per heavy atom. The molecule has 1 aliphatic heterocycles. The fraction of sp³-hybridized carbons (Fsp3) is 0.391. The predicted octanol–water partition coefficient (Wildman–Crippen LogP) is 5.17. The first kappa shape index (κ1) is 22.9. The molecule has 0 atom stereocenters. The van der Waals surface area contributed by atoms with Crippen LogP contribution in [-0.4, -0.2) is 38.9 Å². The van der Waals surface area contributed by atoms with Gasteiger partial charge in [0.2, 0.25) is 0 Å². The van der Waals surface area contributed by atoms with Crippen LogP contribution in [0.3, 0.4) is 0 Å². The Morgan fingerprint density at radius 1 is 1.03 bits per heavy atom. The molecule has 0 aliphatic carbocycles. The number of anilines is 1. The number of carbonyl (C=O) groups excluding carboxylic acids is 1. The summed E-state index contributed by atoms with van der Waals surface area (Å²) in [5.74, 6) is 2.19. The van der Waals surface area contributed by atoms with Crippen LogP contribution in [0.2, 0.25) is 0 Å². The van der Waals surface area contributed by atoms with Gasteiger partial charge in [-0.3, -0.25) is 9.79 Å². The summed E-state index contributed by atoms with van der Waals surface area (Å²) in [5, 5.41) is 0. The van der Waals surface area contributed by atoms with Crippen LogP contribution in [-0.2, 0) is 0 Å². The molecule has 0 radical (unpaired) electrons. The molecule has 2 aromatic rings. The number of ether oxygens (including phenoxy) is 2. The third-order valence-corrected chi connectivity index (χ3v) is 5.08. The zero-order valence-corrected chi connectivity index (χ0v) is 19.2. The van der Waals surface area contributed by atoms with Gasteiger partial charge in [-0.15, -0.1) is 17.0 Å². The van der Waals surface area contributed by atoms with Crippen molar-refractivity contribution in [3.63, 3.8) is 0 Å². The van der Waals surface area contributed by atoms with E-state index in [2.05, 4.69) is 36.9 Å². The fourth-order valence-electron chi connectivity index (χ4n) is 3.47. The maximum Gasteiger partial charge on any atom is 0.182 e. The van der Waals surface area contributed by atoms with Crippen molar-refractivity contribution in [1.82, 2.24) is 0 Å². The molecule has 0 saturated heterocycles. The van der Waals surface area contributed by atoms with Gasteiger partial charge in [0.05, 0.1) is 20.8 Å². The minimum Gasteiger partial charge on any atom is -0.493 e. The number of aryl methyl sites for hydroxylation is 2. The standard InChI is InChI=1S/C23H28N2O3.BrH/c1-16-8-9-17(2)19(13-16)25(23-7-5-6-12-24-23)15-20(26)18-10-11-21(27-3)22(14-18)28-4;/h8-11,13-14H,5-7,12,15H2,1-4H3;1H. The molecule has 6 heteroatoms. The summed E-state index contributed by atoms with van der Waals surface area (Å²) < 4.78 is 10.6. The van der Waals surface area contributed by atoms with Crippen LogP contribution in [0.15, 0.2) is 41.4 Å². The van der Waals surface area contributed by atoms with E-state index in [0.717, 1.165) is 42.9 Å². The number of methoxy groups -OCH3 is 2. The number of nitrogens with zero attached hydrogens (tertiary/aromatic N) is 2. The van der Waals surface area contributed by atoms with Gasteiger partial charge >= 0.3 is 0 Å². The summed E-state index contributed by atoms with van der Waals surface area (Å²) in [5.41, 5.74) is 3.96. The Balaban J connectivity index is 0.00000300. The van der Waals surface area contributed by atoms with E-state index in [1.165, 1.54) is 5.56 Å². The molecule has 2 aromatic carbocycles. The highest BCUT2D eigenvalue weighted by Crippen LogP contribution is 2.29. The minimum absolute atomic E-state index is 0. The molecule has 0 bridgehead atoms. The summed E-state index contributed by atoms with van der Waals surface area (Å²) in [4.78, 5) is 20.0. The summed E-state index contributed by atoms with van der Waals surface area (Å²) in [6, 6.07) is 11.6. The highest BCUT2D eigenvalue weighted by molar-refractivity contribution is 8.93. The summed E-state index contributed by atoms with van der Waals surface area (Å²) in [6.45, 7) is 5.21. The molecule has 1 aliphatic rings. The first-order valence-electron chi connectivity index (χ1n) is 9.67. The molecule has 0 N–H and O–H groups in total. The van der Waals surface area contributed by atoms with E-state index in [0.29, 0.717) is 17.1 Å². The summed E-state index contributed by atoms with van der Waals surface area (Å²) in [7, 11) is 3.16. The number of halogens is 1. The number of aliphatic imine (C=N–C) groups is 1. The molecule has 5 nitrogen and oxygen atoms in total. The molecule has 1 heterocycles. The van der Waals surface area contributed by atoms with Gasteiger partial charge < -0.3 is 14.4 Å². The Morgan fingerprint density at radius 2 is 1.79 bits per heavy atom. The highest BCUT2D eigenvalue weighted by atomic mass is 79.9. The maximum absolute atomic E-state index is 13.1. The van der Waals surface area contributed by atoms with Crippen molar-refractivity contribution < 1.29 is 14.3 Å². The minimum atomic E-state index is 0. The van der Waals surface area contributed by atoms with Crippen LogP contribution < -0.4 is 14.4 Å². The summed E-state index contributed by atoms with van der Waals surface area (Å²) >= 11 is 0. The number of amidine groups is 1. The first-order chi connectivity index (χ1) is 13.5. The van der Waals surface area contributed by atoms with Crippen molar-refractivity contribution in [3.05, 3.63) is 53.1 Å². The van der Waals surface area contributed by atoms with E-state index in [1.54, 1.807) is 32.4 Å². The second-order valence-electron chi connectivity index (χ2n) is 7.12. The van der Waals surface area contributed by atoms with E-state index < -0.39 is 0 Å². The molecule has 3 rings (SSSR count). The van der Waals surface area contributed by atoms with E-state index in [9.17, 15) is 4.79 Å². The van der Waals surface area contributed by atoms with Gasteiger partial charge in [0, 0.05) is 24.2 Å². The van der Waals surface area contributed by atoms with Gasteiger partial charge in [-0.05, 0) is 62.1 Å². The largest absolute Gasteiger partial charge is 0.493 e. The Bertz CT molecular complexity index is 896. The lowest BCUT2D eigenvalue weighted by atomic mass is 10.0. The highest BCUT2D eigenvalue weighted by Gasteiger charge is 2.22. The molecule has 156 valence electrons. The molecule has 29 heavy (non-hydrogen) atoms. The van der Waals surface area contributed by atoms with E-state index in [-0.39, 0.29) is 29.3 Å². The van der Waals surface area contributed by atoms with Gasteiger partial charge in [0.25, 0.3) is 0 Å². The second kappa shape index (κ2) is 10.4. The monoisotopic (exact) mass is 460 g/mol. The molecule has 0 unspecified atom stereocenters. The molecular weight excluding hydrogens is 432 g/mol. The molecular formula is C23H29BrN2O3. The van der Waals surface area contributed by atoms with Gasteiger partial charge in [-0.25, -0.2) is 0 Å². The zero-order valence-electron chi connectivity index (χ0n) is 17.5. The lowest BCUT2D eigenvalue weighted by molar-refractivity contribution is 0.100. The van der Waals surface area contributed by atoms with Crippen molar-refractivity contribution in [2.75, 3.05) is 32.2 Å². The van der Waals surface area contributed by atoms with Crippen LogP contribution >= 0.6 is 17.0 Å². The van der Waals surface area contributed by atoms with Crippen LogP contribution in [0.5, 0.6) is 11.5 Å². The number of hydrogen-bond donors (Lipinski definition) is 0. The molecule has 0 fully saturated rings. The van der Waals surface area contributed by atoms with Gasteiger partial charge in [-0.2, -0.15) is 0 Å². The van der Waals surface area contributed by atoms with Gasteiger partial charge in [-0.1, -0.05) is 12.1 Å². The third-order valence-electron chi connectivity index (χ3n) is 5.08. The smallest absolute Gasteiger partial charge is 0.182 e. The normalized spacial score (nSPS) is 13.2. The zero-order chi connectivity index (χ0) is 20.1. The lowest BCUT2D eigenvalue weighted by Crippen LogP contribution is -2.37. The fourth-order valence-corrected chi connectivity index (χ4v) is 3.47. The van der Waals surface area contributed by atoms with Gasteiger partial charge in [0.1, 0.15) is 5.84 Å². The Kier molecular flexibility index (Phi) is 8.26. The second-order valence-corrected chi connectivity index (χ2v) is 7.12. The number of Topliss-reactive ketones (excluding diaryl/α,β-unsaturated/α-hetero) is 1. The van der Waals surface area contributed by atoms with E-state index in [1.807, 2.05) is 0 Å². The van der Waals surface area contributed by atoms with Crippen molar-refractivity contribution in [3.8, 4) is 11.5 Å².